The summed E-state index contributed by atoms with van der Waals surface area (Å²) < 4.78 is 20.9. The predicted octanol–water partition coefficient (Wildman–Crippen LogP) is 3.71. The van der Waals surface area contributed by atoms with Crippen LogP contribution in [0.2, 0.25) is 0 Å². The highest BCUT2D eigenvalue weighted by Crippen LogP contribution is 2.23. The van der Waals surface area contributed by atoms with Crippen molar-refractivity contribution in [1.82, 2.24) is 4.57 Å². The average molecular weight is 280 g/mol. The molecule has 0 aliphatic carbocycles. The SMILES string of the molecule is COc1cc(Cn2ccc3c(F)cccc32)ccc1C#N. The van der Waals surface area contributed by atoms with E-state index in [0.29, 0.717) is 23.2 Å². The first-order valence-corrected chi connectivity index (χ1v) is 6.53. The van der Waals surface area contributed by atoms with Crippen LogP contribution >= 0.6 is 0 Å². The minimum absolute atomic E-state index is 0.219. The van der Waals surface area contributed by atoms with E-state index in [-0.39, 0.29) is 5.82 Å². The third-order valence-electron chi connectivity index (χ3n) is 3.50. The van der Waals surface area contributed by atoms with Gasteiger partial charge < -0.3 is 9.30 Å². The van der Waals surface area contributed by atoms with Crippen molar-refractivity contribution in [3.05, 3.63) is 65.6 Å². The lowest BCUT2D eigenvalue weighted by molar-refractivity contribution is 0.413. The molecule has 0 radical (unpaired) electrons. The highest BCUT2D eigenvalue weighted by Gasteiger charge is 2.08. The zero-order valence-corrected chi connectivity index (χ0v) is 11.5. The molecule has 0 aliphatic rings. The molecule has 0 aliphatic heterocycles. The summed E-state index contributed by atoms with van der Waals surface area (Å²) in [5.74, 6) is 0.335. The quantitative estimate of drug-likeness (QED) is 0.733. The van der Waals surface area contributed by atoms with E-state index in [4.69, 9.17) is 10.00 Å². The molecular weight excluding hydrogens is 267 g/mol. The van der Waals surface area contributed by atoms with Crippen LogP contribution < -0.4 is 4.74 Å². The number of aromatic nitrogens is 1. The molecule has 0 spiro atoms. The Kier molecular flexibility index (Phi) is 3.33. The summed E-state index contributed by atoms with van der Waals surface area (Å²) in [6, 6.07) is 14.4. The maximum absolute atomic E-state index is 13.7. The van der Waals surface area contributed by atoms with Gasteiger partial charge in [0.1, 0.15) is 17.6 Å². The van der Waals surface area contributed by atoms with Crippen LogP contribution in [0.4, 0.5) is 4.39 Å². The van der Waals surface area contributed by atoms with Crippen molar-refractivity contribution >= 4 is 10.9 Å². The third kappa shape index (κ3) is 2.34. The molecule has 3 nitrogen and oxygen atoms in total. The first-order valence-electron chi connectivity index (χ1n) is 6.53. The molecule has 3 rings (SSSR count). The van der Waals surface area contributed by atoms with Gasteiger partial charge >= 0.3 is 0 Å². The molecular formula is C17H13FN2O. The van der Waals surface area contributed by atoms with Gasteiger partial charge in [-0.3, -0.25) is 0 Å². The second-order valence-corrected chi connectivity index (χ2v) is 4.76. The molecule has 1 aromatic heterocycles. The number of nitrogens with zero attached hydrogens (tertiary/aromatic N) is 2. The first kappa shape index (κ1) is 13.2. The molecule has 1 heterocycles. The van der Waals surface area contributed by atoms with Crippen molar-refractivity contribution in [3.63, 3.8) is 0 Å². The first-order chi connectivity index (χ1) is 10.2. The largest absolute Gasteiger partial charge is 0.495 e. The molecule has 0 fully saturated rings. The van der Waals surface area contributed by atoms with Gasteiger partial charge in [-0.1, -0.05) is 12.1 Å². The highest BCUT2D eigenvalue weighted by molar-refractivity contribution is 5.80. The number of hydrogen-bond donors (Lipinski definition) is 0. The molecule has 0 bridgehead atoms. The van der Waals surface area contributed by atoms with Gasteiger partial charge in [-0.05, 0) is 35.9 Å². The summed E-state index contributed by atoms with van der Waals surface area (Å²) in [5, 5.41) is 9.60. The van der Waals surface area contributed by atoms with Crippen LogP contribution in [0.1, 0.15) is 11.1 Å². The number of fused-ring (bicyclic) bond motifs is 1. The van der Waals surface area contributed by atoms with Crippen LogP contribution in [0.3, 0.4) is 0 Å². The number of nitriles is 1. The number of rotatable bonds is 3. The van der Waals surface area contributed by atoms with Gasteiger partial charge in [-0.25, -0.2) is 4.39 Å². The summed E-state index contributed by atoms with van der Waals surface area (Å²) in [5.41, 5.74) is 2.34. The van der Waals surface area contributed by atoms with E-state index in [2.05, 4.69) is 6.07 Å². The Morgan fingerprint density at radius 2 is 2.10 bits per heavy atom. The number of hydrogen-bond acceptors (Lipinski definition) is 2. The van der Waals surface area contributed by atoms with E-state index in [9.17, 15) is 4.39 Å². The van der Waals surface area contributed by atoms with Crippen molar-refractivity contribution in [2.24, 2.45) is 0 Å². The Hall–Kier alpha value is -2.80. The second kappa shape index (κ2) is 5.29. The van der Waals surface area contributed by atoms with Gasteiger partial charge in [0.15, 0.2) is 0 Å². The average Bonchev–Trinajstić information content (AvgIpc) is 2.92. The third-order valence-corrected chi connectivity index (χ3v) is 3.50. The van der Waals surface area contributed by atoms with Crippen molar-refractivity contribution in [2.45, 2.75) is 6.54 Å². The van der Waals surface area contributed by atoms with Crippen LogP contribution in [0.25, 0.3) is 10.9 Å². The molecule has 0 saturated heterocycles. The van der Waals surface area contributed by atoms with E-state index in [1.165, 1.54) is 6.07 Å². The van der Waals surface area contributed by atoms with E-state index in [1.807, 2.05) is 29.0 Å². The van der Waals surface area contributed by atoms with Gasteiger partial charge in [-0.15, -0.1) is 0 Å². The van der Waals surface area contributed by atoms with Crippen molar-refractivity contribution in [2.75, 3.05) is 7.11 Å². The highest BCUT2D eigenvalue weighted by atomic mass is 19.1. The fourth-order valence-electron chi connectivity index (χ4n) is 2.45. The fraction of sp³-hybridized carbons (Fsp3) is 0.118. The molecule has 0 unspecified atom stereocenters. The number of benzene rings is 2. The van der Waals surface area contributed by atoms with Crippen LogP contribution in [-0.2, 0) is 6.54 Å². The minimum atomic E-state index is -0.219. The van der Waals surface area contributed by atoms with E-state index >= 15 is 0 Å². The van der Waals surface area contributed by atoms with Crippen LogP contribution in [0.15, 0.2) is 48.7 Å². The molecule has 3 aromatic rings. The second-order valence-electron chi connectivity index (χ2n) is 4.76. The van der Waals surface area contributed by atoms with Crippen LogP contribution in [0.5, 0.6) is 5.75 Å². The standard InChI is InChI=1S/C17H13FN2O/c1-21-17-9-12(5-6-13(17)10-19)11-20-8-7-14-15(18)3-2-4-16(14)20/h2-9H,11H2,1H3. The molecule has 0 N–H and O–H groups in total. The number of ether oxygens (including phenoxy) is 1. The van der Waals surface area contributed by atoms with Crippen LogP contribution in [0, 0.1) is 17.1 Å². The predicted molar refractivity (Wildman–Crippen MR) is 78.7 cm³/mol. The molecule has 0 atom stereocenters. The van der Waals surface area contributed by atoms with Crippen molar-refractivity contribution in [1.29, 1.82) is 5.26 Å². The van der Waals surface area contributed by atoms with E-state index < -0.39 is 0 Å². The Balaban J connectivity index is 1.99. The maximum atomic E-state index is 13.7. The van der Waals surface area contributed by atoms with E-state index in [0.717, 1.165) is 11.1 Å². The topological polar surface area (TPSA) is 38.0 Å². The van der Waals surface area contributed by atoms with Gasteiger partial charge in [0.25, 0.3) is 0 Å². The van der Waals surface area contributed by atoms with Crippen LogP contribution in [-0.4, -0.2) is 11.7 Å². The molecule has 2 aromatic carbocycles. The smallest absolute Gasteiger partial charge is 0.136 e. The normalized spacial score (nSPS) is 10.5. The summed E-state index contributed by atoms with van der Waals surface area (Å²) in [6.07, 6.45) is 1.86. The molecule has 104 valence electrons. The lowest BCUT2D eigenvalue weighted by Gasteiger charge is -2.09. The van der Waals surface area contributed by atoms with Gasteiger partial charge in [-0.2, -0.15) is 5.26 Å². The molecule has 0 amide bonds. The summed E-state index contributed by atoms with van der Waals surface area (Å²) in [6.45, 7) is 0.592. The Labute approximate surface area is 121 Å². The lowest BCUT2D eigenvalue weighted by Crippen LogP contribution is -1.99. The Morgan fingerprint density at radius 3 is 2.86 bits per heavy atom. The fourth-order valence-corrected chi connectivity index (χ4v) is 2.45. The van der Waals surface area contributed by atoms with Crippen molar-refractivity contribution < 1.29 is 9.13 Å². The summed E-state index contributed by atoms with van der Waals surface area (Å²) in [4.78, 5) is 0. The number of methoxy groups -OCH3 is 1. The Bertz CT molecular complexity index is 846. The lowest BCUT2D eigenvalue weighted by atomic mass is 10.1. The summed E-state index contributed by atoms with van der Waals surface area (Å²) >= 11 is 0. The molecule has 4 heteroatoms. The maximum Gasteiger partial charge on any atom is 0.136 e. The Morgan fingerprint density at radius 1 is 1.24 bits per heavy atom. The van der Waals surface area contributed by atoms with Crippen molar-refractivity contribution in [3.8, 4) is 11.8 Å². The zero-order valence-electron chi connectivity index (χ0n) is 11.5. The monoisotopic (exact) mass is 280 g/mol. The van der Waals surface area contributed by atoms with E-state index in [1.54, 1.807) is 25.3 Å². The minimum Gasteiger partial charge on any atom is -0.495 e. The van der Waals surface area contributed by atoms with Gasteiger partial charge in [0.05, 0.1) is 18.2 Å². The summed E-state index contributed by atoms with van der Waals surface area (Å²) in [7, 11) is 1.54. The molecule has 21 heavy (non-hydrogen) atoms. The number of halogens is 1. The van der Waals surface area contributed by atoms with Gasteiger partial charge in [0.2, 0.25) is 0 Å². The molecule has 0 saturated carbocycles. The van der Waals surface area contributed by atoms with Gasteiger partial charge in [0, 0.05) is 18.1 Å². The zero-order chi connectivity index (χ0) is 14.8.